The van der Waals surface area contributed by atoms with Crippen LogP contribution < -0.4 is 0 Å². The number of hydrogen-bond acceptors (Lipinski definition) is 2. The summed E-state index contributed by atoms with van der Waals surface area (Å²) in [5.41, 5.74) is 0.937. The van der Waals surface area contributed by atoms with Crippen molar-refractivity contribution < 1.29 is 5.11 Å². The van der Waals surface area contributed by atoms with E-state index >= 15 is 0 Å². The van der Waals surface area contributed by atoms with E-state index < -0.39 is 0 Å². The van der Waals surface area contributed by atoms with E-state index in [2.05, 4.69) is 11.9 Å². The van der Waals surface area contributed by atoms with Gasteiger partial charge in [0.05, 0.1) is 11.7 Å². The summed E-state index contributed by atoms with van der Waals surface area (Å²) in [6.07, 6.45) is 4.49. The van der Waals surface area contributed by atoms with E-state index in [1.807, 2.05) is 10.6 Å². The highest BCUT2D eigenvalue weighted by Gasteiger charge is 2.00. The molecule has 0 radical (unpaired) electrons. The highest BCUT2D eigenvalue weighted by molar-refractivity contribution is 5.50. The van der Waals surface area contributed by atoms with Crippen LogP contribution in [-0.2, 0) is 6.42 Å². The fourth-order valence-electron chi connectivity index (χ4n) is 1.31. The summed E-state index contributed by atoms with van der Waals surface area (Å²) in [5.74, 6) is 1.30. The van der Waals surface area contributed by atoms with Crippen LogP contribution in [0.1, 0.15) is 12.7 Å². The van der Waals surface area contributed by atoms with E-state index in [0.29, 0.717) is 0 Å². The Morgan fingerprint density at radius 2 is 2.42 bits per heavy atom. The first-order valence-electron chi connectivity index (χ1n) is 3.96. The molecule has 0 spiro atoms. The van der Waals surface area contributed by atoms with Gasteiger partial charge in [-0.1, -0.05) is 6.92 Å². The minimum atomic E-state index is 0.282. The Morgan fingerprint density at radius 1 is 1.58 bits per heavy atom. The van der Waals surface area contributed by atoms with Crippen molar-refractivity contribution in [1.29, 1.82) is 0 Å². The van der Waals surface area contributed by atoms with Crippen LogP contribution >= 0.6 is 0 Å². The maximum atomic E-state index is 9.17. The van der Waals surface area contributed by atoms with Crippen molar-refractivity contribution in [2.45, 2.75) is 13.3 Å². The molecule has 2 heterocycles. The van der Waals surface area contributed by atoms with Crippen molar-refractivity contribution in [3.05, 3.63) is 30.4 Å². The van der Waals surface area contributed by atoms with E-state index in [-0.39, 0.29) is 5.75 Å². The number of aromatic hydroxyl groups is 1. The molecule has 0 unspecified atom stereocenters. The number of imidazole rings is 1. The Balaban J connectivity index is 2.73. The molecule has 3 nitrogen and oxygen atoms in total. The SMILES string of the molecule is CCc1ncc2cc(O)ccn12. The summed E-state index contributed by atoms with van der Waals surface area (Å²) in [7, 11) is 0. The van der Waals surface area contributed by atoms with Gasteiger partial charge in [-0.2, -0.15) is 0 Å². The summed E-state index contributed by atoms with van der Waals surface area (Å²) >= 11 is 0. The number of rotatable bonds is 1. The predicted molar refractivity (Wildman–Crippen MR) is 46.2 cm³/mol. The molecule has 0 aliphatic heterocycles. The molecular weight excluding hydrogens is 152 g/mol. The predicted octanol–water partition coefficient (Wildman–Crippen LogP) is 1.60. The van der Waals surface area contributed by atoms with Gasteiger partial charge >= 0.3 is 0 Å². The number of aryl methyl sites for hydroxylation is 1. The molecule has 0 amide bonds. The molecular formula is C9H10N2O. The van der Waals surface area contributed by atoms with Crippen LogP contribution in [0.5, 0.6) is 5.75 Å². The third kappa shape index (κ3) is 0.942. The molecule has 0 fully saturated rings. The molecule has 0 aliphatic rings. The Labute approximate surface area is 70.3 Å². The quantitative estimate of drug-likeness (QED) is 0.691. The van der Waals surface area contributed by atoms with Crippen molar-refractivity contribution in [3.63, 3.8) is 0 Å². The first kappa shape index (κ1) is 7.16. The molecule has 0 saturated carbocycles. The number of fused-ring (bicyclic) bond motifs is 1. The Morgan fingerprint density at radius 3 is 3.17 bits per heavy atom. The van der Waals surface area contributed by atoms with Gasteiger partial charge in [0.15, 0.2) is 0 Å². The van der Waals surface area contributed by atoms with Gasteiger partial charge in [0.2, 0.25) is 0 Å². The van der Waals surface area contributed by atoms with Gasteiger partial charge in [0, 0.05) is 18.7 Å². The Bertz CT molecular complexity index is 406. The fourth-order valence-corrected chi connectivity index (χ4v) is 1.31. The second-order valence-corrected chi connectivity index (χ2v) is 2.71. The molecule has 2 aromatic rings. The third-order valence-corrected chi connectivity index (χ3v) is 1.91. The molecule has 12 heavy (non-hydrogen) atoms. The van der Waals surface area contributed by atoms with Crippen molar-refractivity contribution >= 4 is 5.52 Å². The lowest BCUT2D eigenvalue weighted by molar-refractivity contribution is 0.475. The lowest BCUT2D eigenvalue weighted by Crippen LogP contribution is -1.90. The van der Waals surface area contributed by atoms with Crippen molar-refractivity contribution in [2.24, 2.45) is 0 Å². The van der Waals surface area contributed by atoms with Gasteiger partial charge in [-0.15, -0.1) is 0 Å². The molecule has 0 saturated heterocycles. The second-order valence-electron chi connectivity index (χ2n) is 2.71. The third-order valence-electron chi connectivity index (χ3n) is 1.91. The summed E-state index contributed by atoms with van der Waals surface area (Å²) in [6.45, 7) is 2.06. The van der Waals surface area contributed by atoms with Gasteiger partial charge in [-0.05, 0) is 6.07 Å². The highest BCUT2D eigenvalue weighted by Crippen LogP contribution is 2.13. The molecule has 1 N–H and O–H groups in total. The van der Waals surface area contributed by atoms with Crippen LogP contribution in [0.15, 0.2) is 24.5 Å². The maximum Gasteiger partial charge on any atom is 0.119 e. The number of aromatic nitrogens is 2. The average molecular weight is 162 g/mol. The zero-order valence-electron chi connectivity index (χ0n) is 6.86. The van der Waals surface area contributed by atoms with Crippen LogP contribution in [0, 0.1) is 0 Å². The monoisotopic (exact) mass is 162 g/mol. The summed E-state index contributed by atoms with van der Waals surface area (Å²) in [4.78, 5) is 4.21. The molecule has 0 aliphatic carbocycles. The smallest absolute Gasteiger partial charge is 0.119 e. The minimum absolute atomic E-state index is 0.282. The average Bonchev–Trinajstić information content (AvgIpc) is 2.46. The first-order valence-corrected chi connectivity index (χ1v) is 3.96. The highest BCUT2D eigenvalue weighted by atomic mass is 16.3. The topological polar surface area (TPSA) is 37.5 Å². The lowest BCUT2D eigenvalue weighted by atomic mass is 10.4. The number of hydrogen-bond donors (Lipinski definition) is 1. The van der Waals surface area contributed by atoms with Gasteiger partial charge in [0.1, 0.15) is 11.6 Å². The van der Waals surface area contributed by atoms with E-state index in [0.717, 1.165) is 17.8 Å². The Hall–Kier alpha value is -1.51. The van der Waals surface area contributed by atoms with E-state index in [1.54, 1.807) is 18.3 Å². The van der Waals surface area contributed by atoms with Crippen molar-refractivity contribution in [2.75, 3.05) is 0 Å². The van der Waals surface area contributed by atoms with Crippen LogP contribution in [-0.4, -0.2) is 14.5 Å². The number of pyridine rings is 1. The van der Waals surface area contributed by atoms with Crippen molar-refractivity contribution in [3.8, 4) is 5.75 Å². The normalized spacial score (nSPS) is 10.8. The molecule has 0 aromatic carbocycles. The molecule has 0 atom stereocenters. The largest absolute Gasteiger partial charge is 0.508 e. The lowest BCUT2D eigenvalue weighted by Gasteiger charge is -1.97. The first-order chi connectivity index (χ1) is 5.81. The summed E-state index contributed by atoms with van der Waals surface area (Å²) < 4.78 is 1.97. The molecule has 2 rings (SSSR count). The van der Waals surface area contributed by atoms with E-state index in [9.17, 15) is 5.11 Å². The van der Waals surface area contributed by atoms with Crippen molar-refractivity contribution in [1.82, 2.24) is 9.38 Å². The van der Waals surface area contributed by atoms with E-state index in [4.69, 9.17) is 0 Å². The number of nitrogens with zero attached hydrogens (tertiary/aromatic N) is 2. The zero-order chi connectivity index (χ0) is 8.55. The minimum Gasteiger partial charge on any atom is -0.508 e. The van der Waals surface area contributed by atoms with E-state index in [1.165, 1.54) is 0 Å². The van der Waals surface area contributed by atoms with Crippen LogP contribution in [0.4, 0.5) is 0 Å². The van der Waals surface area contributed by atoms with Gasteiger partial charge in [-0.3, -0.25) is 0 Å². The van der Waals surface area contributed by atoms with Crippen LogP contribution in [0.3, 0.4) is 0 Å². The molecule has 3 heteroatoms. The molecule has 62 valence electrons. The standard InChI is InChI=1S/C9H10N2O/c1-2-9-10-6-7-5-8(12)3-4-11(7)9/h3-6,12H,2H2,1H3. The van der Waals surface area contributed by atoms with Crippen LogP contribution in [0.2, 0.25) is 0 Å². The zero-order valence-corrected chi connectivity index (χ0v) is 6.86. The van der Waals surface area contributed by atoms with Gasteiger partial charge in [0.25, 0.3) is 0 Å². The second kappa shape index (κ2) is 2.52. The molecule has 2 aromatic heterocycles. The maximum absolute atomic E-state index is 9.17. The summed E-state index contributed by atoms with van der Waals surface area (Å²) in [6, 6.07) is 3.36. The van der Waals surface area contributed by atoms with Gasteiger partial charge < -0.3 is 9.51 Å². The Kier molecular flexibility index (Phi) is 1.50. The summed E-state index contributed by atoms with van der Waals surface area (Å²) in [5, 5.41) is 9.17. The van der Waals surface area contributed by atoms with Crippen LogP contribution in [0.25, 0.3) is 5.52 Å². The van der Waals surface area contributed by atoms with Gasteiger partial charge in [-0.25, -0.2) is 4.98 Å². The molecule has 0 bridgehead atoms. The fraction of sp³-hybridized carbons (Fsp3) is 0.222.